The molecule has 2 N–H and O–H groups in total. The molecule has 0 aromatic heterocycles. The van der Waals surface area contributed by atoms with Gasteiger partial charge in [0, 0.05) is 34.9 Å². The maximum Gasteiger partial charge on any atom is 0.269 e. The zero-order valence-electron chi connectivity index (χ0n) is 12.6. The van der Waals surface area contributed by atoms with Crippen LogP contribution < -0.4 is 5.14 Å². The van der Waals surface area contributed by atoms with Crippen LogP contribution in [-0.2, 0) is 19.1 Å². The lowest BCUT2D eigenvalue weighted by Gasteiger charge is -1.95. The number of nitrogens with two attached hydrogens (primary N) is 1. The Morgan fingerprint density at radius 2 is 1.04 bits per heavy atom. The maximum absolute atomic E-state index is 10.7. The van der Waals surface area contributed by atoms with Crippen molar-refractivity contribution in [2.75, 3.05) is 0 Å². The average Bonchev–Trinajstić information content (AvgIpc) is 2.54. The highest BCUT2D eigenvalue weighted by Gasteiger charge is 2.12. The van der Waals surface area contributed by atoms with Gasteiger partial charge in [-0.3, -0.25) is 20.2 Å². The minimum Gasteiger partial charge on any atom is -0.258 e. The molecule has 0 aliphatic carbocycles. The van der Waals surface area contributed by atoms with Gasteiger partial charge in [-0.2, -0.15) is 0 Å². The molecular formula is C12H10ClN3O8S2. The van der Waals surface area contributed by atoms with Crippen LogP contribution in [0, 0.1) is 20.2 Å². The second kappa shape index (κ2) is 8.18. The minimum atomic E-state index is -3.80. The van der Waals surface area contributed by atoms with E-state index < -0.39 is 28.9 Å². The van der Waals surface area contributed by atoms with Crippen LogP contribution in [0.1, 0.15) is 0 Å². The van der Waals surface area contributed by atoms with E-state index in [2.05, 4.69) is 0 Å². The van der Waals surface area contributed by atoms with Gasteiger partial charge in [-0.15, -0.1) is 0 Å². The van der Waals surface area contributed by atoms with E-state index in [0.717, 1.165) is 48.5 Å². The number of rotatable bonds is 4. The van der Waals surface area contributed by atoms with Crippen LogP contribution in [-0.4, -0.2) is 26.7 Å². The molecule has 0 saturated heterocycles. The fraction of sp³-hybridized carbons (Fsp3) is 0. The lowest BCUT2D eigenvalue weighted by atomic mass is 10.3. The molecule has 0 bridgehead atoms. The molecular weight excluding hydrogens is 414 g/mol. The zero-order chi connectivity index (χ0) is 20.1. The molecule has 0 spiro atoms. The highest BCUT2D eigenvalue weighted by Crippen LogP contribution is 2.18. The summed E-state index contributed by atoms with van der Waals surface area (Å²) in [6.45, 7) is 0. The summed E-state index contributed by atoms with van der Waals surface area (Å²) in [7, 11) is -2.57. The molecule has 0 atom stereocenters. The van der Waals surface area contributed by atoms with Crippen LogP contribution in [0.3, 0.4) is 0 Å². The lowest BCUT2D eigenvalue weighted by Crippen LogP contribution is -2.11. The molecule has 0 amide bonds. The monoisotopic (exact) mass is 423 g/mol. The summed E-state index contributed by atoms with van der Waals surface area (Å²) in [5.74, 6) is 0. The summed E-state index contributed by atoms with van der Waals surface area (Å²) in [6.07, 6.45) is 0. The van der Waals surface area contributed by atoms with Gasteiger partial charge in [-0.1, -0.05) is 0 Å². The highest BCUT2D eigenvalue weighted by atomic mass is 35.7. The van der Waals surface area contributed by atoms with Gasteiger partial charge < -0.3 is 0 Å². The number of primary sulfonamides is 1. The number of hydrogen-bond donors (Lipinski definition) is 1. The van der Waals surface area contributed by atoms with Crippen LogP contribution in [0.4, 0.5) is 11.4 Å². The summed E-state index contributed by atoms with van der Waals surface area (Å²) in [5.41, 5.74) is -0.350. The summed E-state index contributed by atoms with van der Waals surface area (Å²) >= 11 is 0. The first-order valence-corrected chi connectivity index (χ1v) is 10.1. The van der Waals surface area contributed by atoms with E-state index in [-0.39, 0.29) is 21.2 Å². The Hall–Kier alpha value is -2.61. The molecule has 0 aliphatic rings. The molecule has 0 saturated carbocycles. The smallest absolute Gasteiger partial charge is 0.258 e. The van der Waals surface area contributed by atoms with Gasteiger partial charge >= 0.3 is 0 Å². The van der Waals surface area contributed by atoms with E-state index >= 15 is 0 Å². The van der Waals surface area contributed by atoms with Crippen LogP contribution >= 0.6 is 10.7 Å². The number of nitrogens with zero attached hydrogens (tertiary/aromatic N) is 2. The highest BCUT2D eigenvalue weighted by molar-refractivity contribution is 8.13. The van der Waals surface area contributed by atoms with Crippen molar-refractivity contribution in [1.82, 2.24) is 0 Å². The van der Waals surface area contributed by atoms with E-state index in [0.29, 0.717) is 0 Å². The molecule has 2 aromatic rings. The van der Waals surface area contributed by atoms with Gasteiger partial charge in [0.1, 0.15) is 0 Å². The molecule has 2 aromatic carbocycles. The number of benzene rings is 2. The summed E-state index contributed by atoms with van der Waals surface area (Å²) in [6, 6.07) is 8.67. The van der Waals surface area contributed by atoms with Crippen LogP contribution in [0.15, 0.2) is 58.3 Å². The molecule has 14 heteroatoms. The largest absolute Gasteiger partial charge is 0.269 e. The van der Waals surface area contributed by atoms with Crippen LogP contribution in [0.5, 0.6) is 0 Å². The van der Waals surface area contributed by atoms with Crippen molar-refractivity contribution < 1.29 is 26.7 Å². The predicted octanol–water partition coefficient (Wildman–Crippen LogP) is 1.76. The fourth-order valence-electron chi connectivity index (χ4n) is 1.49. The number of sulfonamides is 1. The Balaban J connectivity index is 0.000000260. The SMILES string of the molecule is NS(=O)(=O)c1ccc([N+](=O)[O-])cc1.O=[N+]([O-])c1ccc(S(=O)(=O)Cl)cc1. The predicted molar refractivity (Wildman–Crippen MR) is 90.6 cm³/mol. The van der Waals surface area contributed by atoms with Crippen molar-refractivity contribution in [2.24, 2.45) is 5.14 Å². The Morgan fingerprint density at radius 3 is 1.27 bits per heavy atom. The molecule has 140 valence electrons. The number of nitro benzene ring substituents is 2. The van der Waals surface area contributed by atoms with Gasteiger partial charge in [0.25, 0.3) is 20.4 Å². The van der Waals surface area contributed by atoms with E-state index in [4.69, 9.17) is 15.8 Å². The van der Waals surface area contributed by atoms with Crippen molar-refractivity contribution >= 4 is 41.1 Å². The Morgan fingerprint density at radius 1 is 0.731 bits per heavy atom. The molecule has 0 unspecified atom stereocenters. The van der Waals surface area contributed by atoms with E-state index in [1.807, 2.05) is 0 Å². The second-order valence-corrected chi connectivity index (χ2v) is 8.61. The van der Waals surface area contributed by atoms with Crippen molar-refractivity contribution in [3.8, 4) is 0 Å². The Bertz CT molecular complexity index is 934. The first kappa shape index (κ1) is 21.4. The molecule has 2 rings (SSSR count). The normalized spacial score (nSPS) is 11.2. The molecule has 0 radical (unpaired) electrons. The topological polar surface area (TPSA) is 181 Å². The molecule has 0 heterocycles. The number of nitro groups is 2. The Labute approximate surface area is 151 Å². The summed E-state index contributed by atoms with van der Waals surface area (Å²) in [4.78, 5) is 18.8. The average molecular weight is 424 g/mol. The van der Waals surface area contributed by atoms with Gasteiger partial charge in [0.15, 0.2) is 0 Å². The van der Waals surface area contributed by atoms with E-state index in [1.165, 1.54) is 0 Å². The molecule has 0 aliphatic heterocycles. The third-order valence-corrected chi connectivity index (χ3v) is 5.00. The second-order valence-electron chi connectivity index (χ2n) is 4.48. The fourth-order valence-corrected chi connectivity index (χ4v) is 2.77. The van der Waals surface area contributed by atoms with Gasteiger partial charge in [0.2, 0.25) is 10.0 Å². The molecule has 26 heavy (non-hydrogen) atoms. The summed E-state index contributed by atoms with van der Waals surface area (Å²) < 4.78 is 42.9. The maximum atomic E-state index is 10.7. The number of halogens is 1. The number of hydrogen-bond acceptors (Lipinski definition) is 8. The zero-order valence-corrected chi connectivity index (χ0v) is 14.9. The van der Waals surface area contributed by atoms with Crippen molar-refractivity contribution in [1.29, 1.82) is 0 Å². The molecule has 0 fully saturated rings. The number of non-ortho nitro benzene ring substituents is 2. The third-order valence-electron chi connectivity index (χ3n) is 2.71. The summed E-state index contributed by atoms with van der Waals surface area (Å²) in [5, 5.41) is 25.2. The van der Waals surface area contributed by atoms with Crippen LogP contribution in [0.25, 0.3) is 0 Å². The Kier molecular flexibility index (Phi) is 6.74. The van der Waals surface area contributed by atoms with E-state index in [1.54, 1.807) is 0 Å². The van der Waals surface area contributed by atoms with Gasteiger partial charge in [-0.05, 0) is 24.3 Å². The first-order valence-electron chi connectivity index (χ1n) is 6.29. The van der Waals surface area contributed by atoms with Crippen LogP contribution in [0.2, 0.25) is 0 Å². The van der Waals surface area contributed by atoms with E-state index in [9.17, 15) is 37.1 Å². The van der Waals surface area contributed by atoms with Crippen molar-refractivity contribution in [3.05, 3.63) is 68.8 Å². The standard InChI is InChI=1S/C6H4ClNO4S.C6H6N2O4S/c2*7-13(11,12)6-3-1-5(2-4-6)8(9)10/h1-4H;1-4H,(H2,7,11,12). The first-order chi connectivity index (χ1) is 11.8. The lowest BCUT2D eigenvalue weighted by molar-refractivity contribution is -0.385. The van der Waals surface area contributed by atoms with Crippen molar-refractivity contribution in [2.45, 2.75) is 9.79 Å². The van der Waals surface area contributed by atoms with Gasteiger partial charge in [-0.25, -0.2) is 22.0 Å². The minimum absolute atomic E-state index is 0.141. The quantitative estimate of drug-likeness (QED) is 0.438. The molecule has 11 nitrogen and oxygen atoms in total. The van der Waals surface area contributed by atoms with Gasteiger partial charge in [0.05, 0.1) is 19.6 Å². The third kappa shape index (κ3) is 6.36. The van der Waals surface area contributed by atoms with Crippen molar-refractivity contribution in [3.63, 3.8) is 0 Å².